The molecule has 0 aliphatic heterocycles. The van der Waals surface area contributed by atoms with Crippen LogP contribution in [0.15, 0.2) is 97.2 Å². The van der Waals surface area contributed by atoms with Gasteiger partial charge in [-0.3, -0.25) is 9.59 Å². The first-order valence-corrected chi connectivity index (χ1v) is 33.4. The van der Waals surface area contributed by atoms with Gasteiger partial charge in [-0.2, -0.15) is 0 Å². The number of ether oxygens (including phenoxy) is 4. The summed E-state index contributed by atoms with van der Waals surface area (Å²) < 4.78 is 22.8. The van der Waals surface area contributed by atoms with Gasteiger partial charge in [0.2, 0.25) is 0 Å². The summed E-state index contributed by atoms with van der Waals surface area (Å²) in [6.45, 7) is 4.66. The highest BCUT2D eigenvalue weighted by molar-refractivity contribution is 5.70. The van der Waals surface area contributed by atoms with E-state index in [0.717, 1.165) is 89.9 Å². The Balaban J connectivity index is 4.08. The molecule has 0 spiro atoms. The predicted molar refractivity (Wildman–Crippen MR) is 343 cm³/mol. The lowest BCUT2D eigenvalue weighted by atomic mass is 10.0. The lowest BCUT2D eigenvalue weighted by molar-refractivity contribution is -0.870. The van der Waals surface area contributed by atoms with Crippen molar-refractivity contribution in [2.24, 2.45) is 0 Å². The molecule has 0 amide bonds. The molecule has 0 fully saturated rings. The van der Waals surface area contributed by atoms with E-state index < -0.39 is 24.3 Å². The van der Waals surface area contributed by atoms with E-state index >= 15 is 0 Å². The van der Waals surface area contributed by atoms with E-state index in [4.69, 9.17) is 18.9 Å². The standard InChI is InChI=1S/C72H125NO8/c1-6-8-10-12-14-16-18-20-22-24-25-26-27-28-29-30-31-32-33-34-35-36-37-38-39-40-41-42-43-44-45-47-49-51-53-55-57-59-61-63-70(75)81-68(67-80-72(71(76)77)78-65-64-73(3,4)5)66-79-69(74)62-60-58-56-54-52-50-48-46-23-21-19-17-15-13-11-9-7-2/h8,10,14,16,20,22,25-26,28-29,31-32,34-35,37-38,68,72H,6-7,9,11-13,15,17-19,21,23-24,27,30,33,36,39-67H2,1-5H3/b10-8-,16-14-,22-20-,26-25-,29-28-,32-31-,35-34-,38-37-. The molecule has 9 heteroatoms. The van der Waals surface area contributed by atoms with Gasteiger partial charge in [0.05, 0.1) is 40.3 Å². The second kappa shape index (κ2) is 62.3. The molecule has 9 nitrogen and oxygen atoms in total. The molecule has 0 bridgehead atoms. The summed E-state index contributed by atoms with van der Waals surface area (Å²) in [6, 6.07) is 0. The third kappa shape index (κ3) is 63.6. The highest BCUT2D eigenvalue weighted by Crippen LogP contribution is 2.17. The molecule has 0 aliphatic rings. The number of likely N-dealkylation sites (N-methyl/N-ethyl adjacent to an activating group) is 1. The van der Waals surface area contributed by atoms with Crippen LogP contribution in [0.5, 0.6) is 0 Å². The molecule has 0 saturated heterocycles. The fourth-order valence-corrected chi connectivity index (χ4v) is 9.26. The summed E-state index contributed by atoms with van der Waals surface area (Å²) in [5.74, 6) is -2.27. The number of quaternary nitrogens is 1. The number of nitrogens with zero attached hydrogens (tertiary/aromatic N) is 1. The van der Waals surface area contributed by atoms with Crippen LogP contribution >= 0.6 is 0 Å². The highest BCUT2D eigenvalue weighted by atomic mass is 16.7. The molecule has 0 heterocycles. The van der Waals surface area contributed by atoms with Gasteiger partial charge in [-0.1, -0.05) is 291 Å². The van der Waals surface area contributed by atoms with Crippen LogP contribution in [0.1, 0.15) is 284 Å². The van der Waals surface area contributed by atoms with Crippen molar-refractivity contribution in [3.8, 4) is 0 Å². The van der Waals surface area contributed by atoms with Gasteiger partial charge in [0, 0.05) is 12.8 Å². The number of hydrogen-bond acceptors (Lipinski definition) is 8. The fraction of sp³-hybridized carbons (Fsp3) is 0.736. The average Bonchev–Trinajstić information content (AvgIpc) is 3.44. The number of carbonyl (C=O) groups is 3. The molecule has 0 saturated carbocycles. The lowest BCUT2D eigenvalue weighted by Gasteiger charge is -2.26. The van der Waals surface area contributed by atoms with Gasteiger partial charge in [-0.25, -0.2) is 0 Å². The van der Waals surface area contributed by atoms with Gasteiger partial charge in [0.25, 0.3) is 0 Å². The predicted octanol–water partition coefficient (Wildman–Crippen LogP) is 19.1. The van der Waals surface area contributed by atoms with Crippen molar-refractivity contribution < 1.29 is 42.9 Å². The third-order valence-electron chi connectivity index (χ3n) is 14.3. The summed E-state index contributed by atoms with van der Waals surface area (Å²) >= 11 is 0. The maximum Gasteiger partial charge on any atom is 0.306 e. The number of esters is 2. The molecule has 0 aromatic heterocycles. The normalized spacial score (nSPS) is 13.3. The molecule has 466 valence electrons. The van der Waals surface area contributed by atoms with Crippen LogP contribution in [0.2, 0.25) is 0 Å². The summed E-state index contributed by atoms with van der Waals surface area (Å²) in [5, 5.41) is 11.8. The van der Waals surface area contributed by atoms with Crippen molar-refractivity contribution in [2.45, 2.75) is 296 Å². The van der Waals surface area contributed by atoms with Crippen LogP contribution in [0.25, 0.3) is 0 Å². The van der Waals surface area contributed by atoms with Gasteiger partial charge in [-0.15, -0.1) is 0 Å². The lowest BCUT2D eigenvalue weighted by Crippen LogP contribution is -2.44. The zero-order valence-corrected chi connectivity index (χ0v) is 53.1. The Bertz CT molecular complexity index is 1650. The Morgan fingerprint density at radius 2 is 0.704 bits per heavy atom. The molecule has 0 rings (SSSR count). The number of allylic oxidation sites excluding steroid dienone is 16. The summed E-state index contributed by atoms with van der Waals surface area (Å²) in [4.78, 5) is 37.4. The van der Waals surface area contributed by atoms with Crippen LogP contribution in [-0.4, -0.2) is 82.3 Å². The summed E-state index contributed by atoms with van der Waals surface area (Å²) in [6.07, 6.45) is 81.9. The van der Waals surface area contributed by atoms with E-state index in [1.165, 1.54) is 161 Å². The smallest absolute Gasteiger partial charge is 0.306 e. The molecular weight excluding hydrogens is 1010 g/mol. The molecule has 0 N–H and O–H groups in total. The molecule has 81 heavy (non-hydrogen) atoms. The third-order valence-corrected chi connectivity index (χ3v) is 14.3. The fourth-order valence-electron chi connectivity index (χ4n) is 9.26. The Labute approximate surface area is 499 Å². The summed E-state index contributed by atoms with van der Waals surface area (Å²) in [5.41, 5.74) is 0. The minimum Gasteiger partial charge on any atom is -0.545 e. The maximum atomic E-state index is 12.9. The van der Waals surface area contributed by atoms with Crippen LogP contribution in [0.4, 0.5) is 0 Å². The van der Waals surface area contributed by atoms with Crippen molar-refractivity contribution in [1.29, 1.82) is 0 Å². The van der Waals surface area contributed by atoms with Gasteiger partial charge < -0.3 is 33.3 Å². The van der Waals surface area contributed by atoms with Crippen LogP contribution in [0, 0.1) is 0 Å². The van der Waals surface area contributed by atoms with Crippen molar-refractivity contribution in [3.63, 3.8) is 0 Å². The second-order valence-electron chi connectivity index (χ2n) is 23.4. The van der Waals surface area contributed by atoms with Crippen molar-refractivity contribution in [1.82, 2.24) is 0 Å². The molecule has 0 aromatic rings. The number of unbranched alkanes of at least 4 members (excludes halogenated alkanes) is 30. The zero-order chi connectivity index (χ0) is 59.1. The van der Waals surface area contributed by atoms with Crippen LogP contribution in [0.3, 0.4) is 0 Å². The van der Waals surface area contributed by atoms with Gasteiger partial charge in [-0.05, 0) is 77.0 Å². The molecule has 0 aromatic carbocycles. The molecule has 0 radical (unpaired) electrons. The minimum atomic E-state index is -1.62. The van der Waals surface area contributed by atoms with E-state index in [2.05, 4.69) is 111 Å². The van der Waals surface area contributed by atoms with Crippen LogP contribution < -0.4 is 5.11 Å². The number of carboxylic acids is 1. The Morgan fingerprint density at radius 3 is 1.05 bits per heavy atom. The quantitative estimate of drug-likeness (QED) is 0.0195. The topological polar surface area (TPSA) is 111 Å². The SMILES string of the molecule is CC/C=C\C/C=C\C/C=C\C/C=C\C/C=C\C/C=C\C/C=C\C/C=C\CCCCCCCCCCCCCCCCC(=O)OC(COC(=O)CCCCCCCCCCCCCCCCCCC)COC(OCC[N+](C)(C)C)C(=O)[O-]. The van der Waals surface area contributed by atoms with Crippen LogP contribution in [-0.2, 0) is 33.3 Å². The van der Waals surface area contributed by atoms with Crippen molar-refractivity contribution >= 4 is 17.9 Å². The average molecular weight is 1130 g/mol. The highest BCUT2D eigenvalue weighted by Gasteiger charge is 2.22. The number of carboxylic acid groups (broad SMARTS) is 1. The van der Waals surface area contributed by atoms with Gasteiger partial charge in [0.1, 0.15) is 13.2 Å². The van der Waals surface area contributed by atoms with Crippen molar-refractivity contribution in [2.75, 3.05) is 47.5 Å². The van der Waals surface area contributed by atoms with Gasteiger partial charge in [0.15, 0.2) is 12.4 Å². The first-order valence-electron chi connectivity index (χ1n) is 33.4. The van der Waals surface area contributed by atoms with Crippen molar-refractivity contribution in [3.05, 3.63) is 97.2 Å². The van der Waals surface area contributed by atoms with E-state index in [1.54, 1.807) is 0 Å². The maximum absolute atomic E-state index is 12.9. The first kappa shape index (κ1) is 77.2. The zero-order valence-electron chi connectivity index (χ0n) is 53.1. The van der Waals surface area contributed by atoms with E-state index in [1.807, 2.05) is 21.1 Å². The number of hydrogen-bond donors (Lipinski definition) is 0. The Hall–Kier alpha value is -3.79. The first-order chi connectivity index (χ1) is 39.6. The van der Waals surface area contributed by atoms with Gasteiger partial charge >= 0.3 is 11.9 Å². The molecule has 2 atom stereocenters. The molecule has 2 unspecified atom stereocenters. The number of aliphatic carboxylic acids is 1. The Morgan fingerprint density at radius 1 is 0.383 bits per heavy atom. The van der Waals surface area contributed by atoms with E-state index in [0.29, 0.717) is 23.9 Å². The van der Waals surface area contributed by atoms with E-state index in [-0.39, 0.29) is 32.2 Å². The Kier molecular flexibility index (Phi) is 59.3. The largest absolute Gasteiger partial charge is 0.545 e. The molecular formula is C72H125NO8. The van der Waals surface area contributed by atoms with E-state index in [9.17, 15) is 19.5 Å². The molecule has 0 aliphatic carbocycles. The minimum absolute atomic E-state index is 0.147. The number of rotatable bonds is 61. The number of carbonyl (C=O) groups excluding carboxylic acids is 3. The second-order valence-corrected chi connectivity index (χ2v) is 23.4. The summed E-state index contributed by atoms with van der Waals surface area (Å²) in [7, 11) is 5.93. The monoisotopic (exact) mass is 1130 g/mol.